The number of nitro groups is 1. The highest BCUT2D eigenvalue weighted by Crippen LogP contribution is 2.29. The summed E-state index contributed by atoms with van der Waals surface area (Å²) in [6, 6.07) is 10.7. The van der Waals surface area contributed by atoms with Crippen LogP contribution in [0.4, 0.5) is 5.69 Å². The molecule has 0 bridgehead atoms. The van der Waals surface area contributed by atoms with E-state index >= 15 is 0 Å². The number of carboxylic acid groups (broad SMARTS) is 1. The number of aromatic carboxylic acids is 1. The lowest BCUT2D eigenvalue weighted by Crippen LogP contribution is -1.94. The fourth-order valence-electron chi connectivity index (χ4n) is 2.14. The molecule has 0 aliphatic rings. The minimum Gasteiger partial charge on any atom is -0.478 e. The number of nitrogens with zero attached hydrogens (tertiary/aromatic N) is 2. The Morgan fingerprint density at radius 1 is 1.24 bits per heavy atom. The minimum atomic E-state index is -1.02. The van der Waals surface area contributed by atoms with Gasteiger partial charge in [0, 0.05) is 23.1 Å². The largest absolute Gasteiger partial charge is 0.478 e. The Bertz CT molecular complexity index is 870. The van der Waals surface area contributed by atoms with Crippen molar-refractivity contribution < 1.29 is 14.8 Å². The lowest BCUT2D eigenvalue weighted by Gasteiger charge is -1.99. The Morgan fingerprint density at radius 2 is 2.05 bits per heavy atom. The first kappa shape index (κ1) is 12.8. The van der Waals surface area contributed by atoms with Gasteiger partial charge in [-0.05, 0) is 18.2 Å². The number of carbonyl (C=O) groups is 1. The standard InChI is InChI=1S/C14H9N3O4/c18-14(19)9-4-5-11-12(7-9)15-16-13(11)8-2-1-3-10(6-8)17(20)21/h1-7H,(H,15,16)(H,18,19). The highest BCUT2D eigenvalue weighted by molar-refractivity contribution is 5.98. The van der Waals surface area contributed by atoms with Crippen LogP contribution in [0, 0.1) is 10.1 Å². The zero-order chi connectivity index (χ0) is 15.0. The SMILES string of the molecule is O=C(O)c1ccc2c(-c3cccc([N+](=O)[O-])c3)n[nH]c2c1. The fraction of sp³-hybridized carbons (Fsp3) is 0. The van der Waals surface area contributed by atoms with Crippen molar-refractivity contribution in [1.82, 2.24) is 10.2 Å². The molecule has 1 heterocycles. The number of carboxylic acids is 1. The molecule has 104 valence electrons. The van der Waals surface area contributed by atoms with Crippen molar-refractivity contribution >= 4 is 22.6 Å². The molecule has 0 atom stereocenters. The third-order valence-corrected chi connectivity index (χ3v) is 3.14. The summed E-state index contributed by atoms with van der Waals surface area (Å²) < 4.78 is 0. The van der Waals surface area contributed by atoms with Gasteiger partial charge in [0.05, 0.1) is 16.0 Å². The van der Waals surface area contributed by atoms with Crippen molar-refractivity contribution in [2.75, 3.05) is 0 Å². The topological polar surface area (TPSA) is 109 Å². The van der Waals surface area contributed by atoms with E-state index in [9.17, 15) is 14.9 Å². The van der Waals surface area contributed by atoms with Gasteiger partial charge in [-0.3, -0.25) is 15.2 Å². The van der Waals surface area contributed by atoms with E-state index in [0.29, 0.717) is 22.2 Å². The number of fused-ring (bicyclic) bond motifs is 1. The van der Waals surface area contributed by atoms with Gasteiger partial charge >= 0.3 is 5.97 Å². The number of hydrogen-bond donors (Lipinski definition) is 2. The first-order valence-electron chi connectivity index (χ1n) is 6.02. The Morgan fingerprint density at radius 3 is 2.76 bits per heavy atom. The highest BCUT2D eigenvalue weighted by atomic mass is 16.6. The molecule has 7 heteroatoms. The number of non-ortho nitro benzene ring substituents is 1. The molecule has 3 aromatic rings. The molecule has 3 rings (SSSR count). The molecule has 2 N–H and O–H groups in total. The van der Waals surface area contributed by atoms with Crippen molar-refractivity contribution in [2.45, 2.75) is 0 Å². The van der Waals surface area contributed by atoms with Gasteiger partial charge in [0.25, 0.3) is 5.69 Å². The van der Waals surface area contributed by atoms with Crippen molar-refractivity contribution in [1.29, 1.82) is 0 Å². The highest BCUT2D eigenvalue weighted by Gasteiger charge is 2.13. The van der Waals surface area contributed by atoms with Gasteiger partial charge in [-0.2, -0.15) is 5.10 Å². The van der Waals surface area contributed by atoms with Gasteiger partial charge in [-0.25, -0.2) is 4.79 Å². The number of rotatable bonds is 3. The molecule has 0 aliphatic heterocycles. The first-order valence-corrected chi connectivity index (χ1v) is 6.02. The number of hydrogen-bond acceptors (Lipinski definition) is 4. The number of nitro benzene ring substituents is 1. The fourth-order valence-corrected chi connectivity index (χ4v) is 2.14. The lowest BCUT2D eigenvalue weighted by atomic mass is 10.1. The molecule has 0 aliphatic carbocycles. The molecule has 0 unspecified atom stereocenters. The molecule has 0 saturated heterocycles. The van der Waals surface area contributed by atoms with Crippen molar-refractivity contribution in [3.05, 3.63) is 58.1 Å². The second kappa shape index (κ2) is 4.71. The number of H-pyrrole nitrogens is 1. The molecule has 21 heavy (non-hydrogen) atoms. The van der Waals surface area contributed by atoms with Crippen LogP contribution >= 0.6 is 0 Å². The Kier molecular flexibility index (Phi) is 2.87. The second-order valence-electron chi connectivity index (χ2n) is 4.45. The molecular weight excluding hydrogens is 274 g/mol. The maximum absolute atomic E-state index is 10.9. The Balaban J connectivity index is 2.15. The van der Waals surface area contributed by atoms with E-state index in [1.807, 2.05) is 0 Å². The molecule has 0 radical (unpaired) electrons. The summed E-state index contributed by atoms with van der Waals surface area (Å²) in [4.78, 5) is 21.3. The predicted octanol–water partition coefficient (Wildman–Crippen LogP) is 2.84. The zero-order valence-electron chi connectivity index (χ0n) is 10.6. The van der Waals surface area contributed by atoms with Crippen LogP contribution in [0.3, 0.4) is 0 Å². The molecular formula is C14H9N3O4. The van der Waals surface area contributed by atoms with Crippen LogP contribution in [-0.2, 0) is 0 Å². The molecule has 0 saturated carbocycles. The van der Waals surface area contributed by atoms with Crippen LogP contribution in [0.5, 0.6) is 0 Å². The van der Waals surface area contributed by atoms with E-state index in [-0.39, 0.29) is 11.3 Å². The van der Waals surface area contributed by atoms with Crippen molar-refractivity contribution in [3.8, 4) is 11.3 Å². The average Bonchev–Trinajstić information content (AvgIpc) is 2.90. The smallest absolute Gasteiger partial charge is 0.335 e. The van der Waals surface area contributed by atoms with E-state index in [4.69, 9.17) is 5.11 Å². The summed E-state index contributed by atoms with van der Waals surface area (Å²) in [6.45, 7) is 0. The number of benzene rings is 2. The van der Waals surface area contributed by atoms with E-state index in [0.717, 1.165) is 0 Å². The van der Waals surface area contributed by atoms with Crippen LogP contribution in [0.25, 0.3) is 22.2 Å². The molecule has 2 aromatic carbocycles. The monoisotopic (exact) mass is 283 g/mol. The van der Waals surface area contributed by atoms with Crippen molar-refractivity contribution in [2.24, 2.45) is 0 Å². The summed E-state index contributed by atoms with van der Waals surface area (Å²) in [7, 11) is 0. The number of nitrogens with one attached hydrogen (secondary N) is 1. The molecule has 1 aromatic heterocycles. The molecule has 0 fully saturated rings. The summed E-state index contributed by atoms with van der Waals surface area (Å²) in [5.74, 6) is -1.02. The van der Waals surface area contributed by atoms with E-state index in [1.54, 1.807) is 18.2 Å². The van der Waals surface area contributed by atoms with Gasteiger partial charge in [-0.1, -0.05) is 12.1 Å². The van der Waals surface area contributed by atoms with Gasteiger partial charge in [0.2, 0.25) is 0 Å². The average molecular weight is 283 g/mol. The number of aromatic amines is 1. The maximum atomic E-state index is 10.9. The van der Waals surface area contributed by atoms with Crippen LogP contribution in [0.2, 0.25) is 0 Å². The molecule has 0 amide bonds. The van der Waals surface area contributed by atoms with E-state index in [1.165, 1.54) is 24.3 Å². The van der Waals surface area contributed by atoms with Crippen molar-refractivity contribution in [3.63, 3.8) is 0 Å². The maximum Gasteiger partial charge on any atom is 0.335 e. The van der Waals surface area contributed by atoms with E-state index in [2.05, 4.69) is 10.2 Å². The van der Waals surface area contributed by atoms with Gasteiger partial charge < -0.3 is 5.11 Å². The third kappa shape index (κ3) is 2.20. The summed E-state index contributed by atoms with van der Waals surface area (Å²) in [6.07, 6.45) is 0. The quantitative estimate of drug-likeness (QED) is 0.567. The van der Waals surface area contributed by atoms with Gasteiger partial charge in [0.1, 0.15) is 5.69 Å². The predicted molar refractivity (Wildman–Crippen MR) is 75.1 cm³/mol. The summed E-state index contributed by atoms with van der Waals surface area (Å²) in [5, 5.41) is 27.4. The minimum absolute atomic E-state index is 0.0224. The Labute approximate surface area is 118 Å². The van der Waals surface area contributed by atoms with Crippen LogP contribution in [-0.4, -0.2) is 26.2 Å². The normalized spacial score (nSPS) is 10.7. The number of aromatic nitrogens is 2. The molecule has 7 nitrogen and oxygen atoms in total. The Hall–Kier alpha value is -3.22. The lowest BCUT2D eigenvalue weighted by molar-refractivity contribution is -0.384. The summed E-state index contributed by atoms with van der Waals surface area (Å²) >= 11 is 0. The zero-order valence-corrected chi connectivity index (χ0v) is 10.6. The van der Waals surface area contributed by atoms with Crippen LogP contribution in [0.1, 0.15) is 10.4 Å². The molecule has 0 spiro atoms. The third-order valence-electron chi connectivity index (χ3n) is 3.14. The van der Waals surface area contributed by atoms with Gasteiger partial charge in [0.15, 0.2) is 0 Å². The van der Waals surface area contributed by atoms with Crippen LogP contribution < -0.4 is 0 Å². The first-order chi connectivity index (χ1) is 10.1. The van der Waals surface area contributed by atoms with E-state index < -0.39 is 10.9 Å². The summed E-state index contributed by atoms with van der Waals surface area (Å²) in [5.41, 5.74) is 1.84. The second-order valence-corrected chi connectivity index (χ2v) is 4.45. The van der Waals surface area contributed by atoms with Crippen LogP contribution in [0.15, 0.2) is 42.5 Å². The van der Waals surface area contributed by atoms with Gasteiger partial charge in [-0.15, -0.1) is 0 Å².